The van der Waals surface area contributed by atoms with E-state index < -0.39 is 0 Å². The number of benzene rings is 2. The highest BCUT2D eigenvalue weighted by Gasteiger charge is 2.21. The SMILES string of the molecule is O=C(Nc1cccc(N2CCCC2=O)c1)c1ccc(-n2cnnn2)cc1. The Balaban J connectivity index is 1.49. The van der Waals surface area contributed by atoms with Crippen LogP contribution in [0.3, 0.4) is 0 Å². The van der Waals surface area contributed by atoms with Gasteiger partial charge in [0.15, 0.2) is 0 Å². The molecule has 0 saturated carbocycles. The number of rotatable bonds is 4. The molecule has 8 nitrogen and oxygen atoms in total. The van der Waals surface area contributed by atoms with Crippen molar-refractivity contribution in [2.45, 2.75) is 12.8 Å². The zero-order valence-corrected chi connectivity index (χ0v) is 13.9. The minimum absolute atomic E-state index is 0.117. The van der Waals surface area contributed by atoms with Crippen LogP contribution in [0.2, 0.25) is 0 Å². The lowest BCUT2D eigenvalue weighted by atomic mass is 10.2. The largest absolute Gasteiger partial charge is 0.322 e. The third-order valence-corrected chi connectivity index (χ3v) is 4.23. The summed E-state index contributed by atoms with van der Waals surface area (Å²) >= 11 is 0. The lowest BCUT2D eigenvalue weighted by Gasteiger charge is -2.16. The minimum atomic E-state index is -0.224. The van der Waals surface area contributed by atoms with Crippen LogP contribution in [-0.4, -0.2) is 38.6 Å². The number of anilines is 2. The summed E-state index contributed by atoms with van der Waals surface area (Å²) in [6.45, 7) is 0.717. The van der Waals surface area contributed by atoms with E-state index in [2.05, 4.69) is 20.8 Å². The molecule has 1 saturated heterocycles. The van der Waals surface area contributed by atoms with Crippen molar-refractivity contribution in [2.24, 2.45) is 0 Å². The lowest BCUT2D eigenvalue weighted by molar-refractivity contribution is -0.117. The summed E-state index contributed by atoms with van der Waals surface area (Å²) in [5.41, 5.74) is 2.74. The Morgan fingerprint density at radius 2 is 1.92 bits per heavy atom. The van der Waals surface area contributed by atoms with Crippen molar-refractivity contribution in [1.29, 1.82) is 0 Å². The monoisotopic (exact) mass is 348 g/mol. The Bertz CT molecular complexity index is 937. The van der Waals surface area contributed by atoms with E-state index in [1.54, 1.807) is 35.2 Å². The second-order valence-electron chi connectivity index (χ2n) is 5.95. The quantitative estimate of drug-likeness (QED) is 0.779. The highest BCUT2D eigenvalue weighted by Crippen LogP contribution is 2.24. The van der Waals surface area contributed by atoms with Crippen LogP contribution in [-0.2, 0) is 4.79 Å². The van der Waals surface area contributed by atoms with Crippen molar-refractivity contribution in [3.63, 3.8) is 0 Å². The molecule has 1 fully saturated rings. The van der Waals surface area contributed by atoms with Crippen molar-refractivity contribution in [1.82, 2.24) is 20.2 Å². The Hall–Kier alpha value is -3.55. The number of carbonyl (C=O) groups excluding carboxylic acids is 2. The number of tetrazole rings is 1. The van der Waals surface area contributed by atoms with Crippen LogP contribution in [0.5, 0.6) is 0 Å². The maximum absolute atomic E-state index is 12.5. The third kappa shape index (κ3) is 3.16. The van der Waals surface area contributed by atoms with Crippen LogP contribution in [0.4, 0.5) is 11.4 Å². The van der Waals surface area contributed by atoms with E-state index in [0.29, 0.717) is 17.7 Å². The van der Waals surface area contributed by atoms with Gasteiger partial charge < -0.3 is 10.2 Å². The maximum atomic E-state index is 12.5. The van der Waals surface area contributed by atoms with Crippen LogP contribution < -0.4 is 10.2 Å². The molecule has 0 spiro atoms. The molecule has 0 atom stereocenters. The molecule has 0 radical (unpaired) electrons. The highest BCUT2D eigenvalue weighted by atomic mass is 16.2. The van der Waals surface area contributed by atoms with Gasteiger partial charge in [0, 0.05) is 29.9 Å². The fourth-order valence-electron chi connectivity index (χ4n) is 2.92. The first-order valence-electron chi connectivity index (χ1n) is 8.26. The topological polar surface area (TPSA) is 93.0 Å². The van der Waals surface area contributed by atoms with Crippen molar-refractivity contribution >= 4 is 23.2 Å². The van der Waals surface area contributed by atoms with Gasteiger partial charge in [0.2, 0.25) is 5.91 Å². The number of nitrogens with one attached hydrogen (secondary N) is 1. The second-order valence-corrected chi connectivity index (χ2v) is 5.95. The fraction of sp³-hybridized carbons (Fsp3) is 0.167. The molecule has 0 bridgehead atoms. The van der Waals surface area contributed by atoms with Gasteiger partial charge in [-0.3, -0.25) is 9.59 Å². The van der Waals surface area contributed by atoms with E-state index in [0.717, 1.165) is 24.3 Å². The number of nitrogens with zero attached hydrogens (tertiary/aromatic N) is 5. The normalized spacial score (nSPS) is 13.8. The molecule has 4 rings (SSSR count). The van der Waals surface area contributed by atoms with E-state index in [1.165, 1.54) is 11.0 Å². The molecule has 0 unspecified atom stereocenters. The van der Waals surface area contributed by atoms with Gasteiger partial charge in [0.05, 0.1) is 5.69 Å². The number of carbonyl (C=O) groups is 2. The molecule has 2 heterocycles. The van der Waals surface area contributed by atoms with E-state index in [1.807, 2.05) is 18.2 Å². The maximum Gasteiger partial charge on any atom is 0.255 e. The first-order chi connectivity index (χ1) is 12.7. The predicted octanol–water partition coefficient (Wildman–Crippen LogP) is 2.04. The van der Waals surface area contributed by atoms with Gasteiger partial charge in [-0.2, -0.15) is 0 Å². The van der Waals surface area contributed by atoms with Crippen molar-refractivity contribution < 1.29 is 9.59 Å². The smallest absolute Gasteiger partial charge is 0.255 e. The van der Waals surface area contributed by atoms with Crippen LogP contribution in [0.15, 0.2) is 54.9 Å². The number of hydrogen-bond donors (Lipinski definition) is 1. The molecular weight excluding hydrogens is 332 g/mol. The fourth-order valence-corrected chi connectivity index (χ4v) is 2.92. The molecule has 1 N–H and O–H groups in total. The van der Waals surface area contributed by atoms with Gasteiger partial charge in [-0.15, -0.1) is 5.10 Å². The minimum Gasteiger partial charge on any atom is -0.322 e. The Kier molecular flexibility index (Phi) is 4.14. The zero-order valence-electron chi connectivity index (χ0n) is 13.9. The zero-order chi connectivity index (χ0) is 17.9. The van der Waals surface area contributed by atoms with Gasteiger partial charge in [0.1, 0.15) is 6.33 Å². The lowest BCUT2D eigenvalue weighted by Crippen LogP contribution is -2.23. The Morgan fingerprint density at radius 1 is 1.08 bits per heavy atom. The van der Waals surface area contributed by atoms with E-state index in [4.69, 9.17) is 0 Å². The van der Waals surface area contributed by atoms with Gasteiger partial charge in [-0.1, -0.05) is 6.07 Å². The number of hydrogen-bond acceptors (Lipinski definition) is 5. The Labute approximate surface area is 149 Å². The molecule has 2 aromatic carbocycles. The van der Waals surface area contributed by atoms with Gasteiger partial charge in [0.25, 0.3) is 5.91 Å². The molecule has 8 heteroatoms. The summed E-state index contributed by atoms with van der Waals surface area (Å²) in [4.78, 5) is 26.1. The van der Waals surface area contributed by atoms with Crippen LogP contribution in [0.25, 0.3) is 5.69 Å². The molecule has 1 aliphatic rings. The number of amides is 2. The van der Waals surface area contributed by atoms with Gasteiger partial charge >= 0.3 is 0 Å². The standard InChI is InChI=1S/C18H16N6O2/c25-17-5-2-10-23(17)16-4-1-3-14(11-16)20-18(26)13-6-8-15(9-7-13)24-12-19-21-22-24/h1,3-4,6-9,11-12H,2,5,10H2,(H,20,26). The molecule has 3 aromatic rings. The van der Waals surface area contributed by atoms with Crippen LogP contribution in [0.1, 0.15) is 23.2 Å². The summed E-state index contributed by atoms with van der Waals surface area (Å²) in [5, 5.41) is 13.8. The molecule has 130 valence electrons. The van der Waals surface area contributed by atoms with E-state index in [9.17, 15) is 9.59 Å². The summed E-state index contributed by atoms with van der Waals surface area (Å²) in [5.74, 6) is -0.107. The summed E-state index contributed by atoms with van der Waals surface area (Å²) in [6, 6.07) is 14.3. The van der Waals surface area contributed by atoms with Crippen molar-refractivity contribution in [3.8, 4) is 5.69 Å². The summed E-state index contributed by atoms with van der Waals surface area (Å²) in [6.07, 6.45) is 2.92. The third-order valence-electron chi connectivity index (χ3n) is 4.23. The Morgan fingerprint density at radius 3 is 2.62 bits per heavy atom. The number of aromatic nitrogens is 4. The summed E-state index contributed by atoms with van der Waals surface area (Å²) in [7, 11) is 0. The molecule has 26 heavy (non-hydrogen) atoms. The van der Waals surface area contributed by atoms with E-state index in [-0.39, 0.29) is 11.8 Å². The average molecular weight is 348 g/mol. The predicted molar refractivity (Wildman–Crippen MR) is 95.1 cm³/mol. The van der Waals surface area contributed by atoms with Crippen molar-refractivity contribution in [2.75, 3.05) is 16.8 Å². The highest BCUT2D eigenvalue weighted by molar-refractivity contribution is 6.05. The molecule has 1 aromatic heterocycles. The molecule has 1 aliphatic heterocycles. The van der Waals surface area contributed by atoms with E-state index >= 15 is 0 Å². The van der Waals surface area contributed by atoms with Crippen LogP contribution >= 0.6 is 0 Å². The first kappa shape index (κ1) is 15.9. The molecule has 2 amide bonds. The average Bonchev–Trinajstić information content (AvgIpc) is 3.34. The molecular formula is C18H16N6O2. The van der Waals surface area contributed by atoms with Gasteiger partial charge in [-0.05, 0) is 59.3 Å². The van der Waals surface area contributed by atoms with Crippen molar-refractivity contribution in [3.05, 3.63) is 60.4 Å². The second kappa shape index (κ2) is 6.75. The first-order valence-corrected chi connectivity index (χ1v) is 8.26. The molecule has 0 aliphatic carbocycles. The van der Waals surface area contributed by atoms with Crippen LogP contribution in [0, 0.1) is 0 Å². The summed E-state index contributed by atoms with van der Waals surface area (Å²) < 4.78 is 1.51. The van der Waals surface area contributed by atoms with Gasteiger partial charge in [-0.25, -0.2) is 4.68 Å².